The van der Waals surface area contributed by atoms with Gasteiger partial charge >= 0.3 is 6.03 Å². The zero-order chi connectivity index (χ0) is 24.2. The fourth-order valence-corrected chi connectivity index (χ4v) is 6.68. The monoisotopic (exact) mass is 517 g/mol. The predicted molar refractivity (Wildman–Crippen MR) is 126 cm³/mol. The molecule has 5 fully saturated rings. The van der Waals surface area contributed by atoms with E-state index in [9.17, 15) is 18.8 Å². The molecule has 4 amide bonds. The second kappa shape index (κ2) is 9.28. The molecule has 2 saturated carbocycles. The molecule has 3 aliphatic heterocycles. The molecule has 5 rings (SSSR count). The van der Waals surface area contributed by atoms with E-state index in [4.69, 9.17) is 23.2 Å². The minimum Gasteiger partial charge on any atom is -0.335 e. The summed E-state index contributed by atoms with van der Waals surface area (Å²) in [6.45, 7) is 2.46. The highest BCUT2D eigenvalue weighted by Crippen LogP contribution is 2.41. The minimum atomic E-state index is -1.36. The molecule has 4 atom stereocenters. The molecule has 2 aliphatic carbocycles. The number of piperazine rings is 1. The van der Waals surface area contributed by atoms with Gasteiger partial charge in [-0.05, 0) is 57.8 Å². The summed E-state index contributed by atoms with van der Waals surface area (Å²) in [5.41, 5.74) is -1.16. The van der Waals surface area contributed by atoms with E-state index < -0.39 is 17.9 Å². The number of piperidine rings is 1. The average Bonchev–Trinajstić information content (AvgIpc) is 3.57. The molecule has 0 radical (unpaired) electrons. The molecule has 3 unspecified atom stereocenters. The van der Waals surface area contributed by atoms with Crippen LogP contribution in [0, 0.1) is 5.92 Å². The van der Waals surface area contributed by atoms with Crippen molar-refractivity contribution in [1.82, 2.24) is 25.3 Å². The van der Waals surface area contributed by atoms with Crippen LogP contribution in [0.2, 0.25) is 0 Å². The number of hydrogen-bond acceptors (Lipinski definition) is 4. The van der Waals surface area contributed by atoms with Crippen LogP contribution in [-0.2, 0) is 9.59 Å². The Morgan fingerprint density at radius 1 is 1.12 bits per heavy atom. The first-order valence-electron chi connectivity index (χ1n) is 12.5. The van der Waals surface area contributed by atoms with Crippen LogP contribution in [0.4, 0.5) is 9.18 Å². The summed E-state index contributed by atoms with van der Waals surface area (Å²) in [5, 5.41) is 5.79. The van der Waals surface area contributed by atoms with E-state index in [0.29, 0.717) is 6.54 Å². The summed E-state index contributed by atoms with van der Waals surface area (Å²) in [6.07, 6.45) is 3.38. The molecule has 0 bridgehead atoms. The topological polar surface area (TPSA) is 85.0 Å². The van der Waals surface area contributed by atoms with E-state index in [1.54, 1.807) is 9.80 Å². The van der Waals surface area contributed by atoms with Gasteiger partial charge in [-0.3, -0.25) is 14.9 Å². The van der Waals surface area contributed by atoms with E-state index in [1.807, 2.05) is 6.92 Å². The van der Waals surface area contributed by atoms with Crippen molar-refractivity contribution in [3.8, 4) is 0 Å². The molecule has 11 heteroatoms. The molecule has 0 aromatic rings. The van der Waals surface area contributed by atoms with Gasteiger partial charge in [-0.1, -0.05) is 0 Å². The summed E-state index contributed by atoms with van der Waals surface area (Å²) in [4.78, 5) is 44.9. The van der Waals surface area contributed by atoms with Gasteiger partial charge in [0.15, 0.2) is 5.54 Å². The highest BCUT2D eigenvalue weighted by atomic mass is 35.5. The van der Waals surface area contributed by atoms with Crippen LogP contribution in [0.5, 0.6) is 0 Å². The third kappa shape index (κ3) is 4.37. The second-order valence-electron chi connectivity index (χ2n) is 10.8. The number of nitrogens with one attached hydrogen (secondary N) is 2. The van der Waals surface area contributed by atoms with Gasteiger partial charge in [0.2, 0.25) is 5.91 Å². The number of halogens is 3. The summed E-state index contributed by atoms with van der Waals surface area (Å²) in [6, 6.07) is -0.166. The van der Waals surface area contributed by atoms with Gasteiger partial charge in [-0.25, -0.2) is 9.18 Å². The Labute approximate surface area is 209 Å². The number of carbonyl (C=O) groups excluding carboxylic acids is 3. The Morgan fingerprint density at radius 2 is 1.79 bits per heavy atom. The van der Waals surface area contributed by atoms with Crippen LogP contribution in [0.3, 0.4) is 0 Å². The number of amides is 4. The first-order chi connectivity index (χ1) is 16.2. The Kier molecular flexibility index (Phi) is 6.66. The van der Waals surface area contributed by atoms with Crippen LogP contribution in [0.1, 0.15) is 51.9 Å². The van der Waals surface area contributed by atoms with Crippen molar-refractivity contribution >= 4 is 41.0 Å². The molecule has 3 heterocycles. The van der Waals surface area contributed by atoms with Crippen molar-refractivity contribution in [2.24, 2.45) is 5.92 Å². The number of carbonyl (C=O) groups is 3. The summed E-state index contributed by atoms with van der Waals surface area (Å²) in [7, 11) is 0. The predicted octanol–water partition coefficient (Wildman–Crippen LogP) is 2.03. The molecule has 190 valence electrons. The molecular formula is C23H34Cl2FN5O3. The molecule has 34 heavy (non-hydrogen) atoms. The summed E-state index contributed by atoms with van der Waals surface area (Å²) < 4.78 is 14.9. The van der Waals surface area contributed by atoms with Gasteiger partial charge in [0, 0.05) is 29.4 Å². The molecule has 0 aromatic heterocycles. The molecule has 0 aromatic carbocycles. The normalized spacial score (nSPS) is 36.9. The molecule has 2 N–H and O–H groups in total. The van der Waals surface area contributed by atoms with E-state index in [0.717, 1.165) is 38.5 Å². The van der Waals surface area contributed by atoms with Gasteiger partial charge in [0.25, 0.3) is 5.91 Å². The molecular weight excluding hydrogens is 484 g/mol. The number of likely N-dealkylation sites (tertiary alicyclic amines) is 1. The lowest BCUT2D eigenvalue weighted by molar-refractivity contribution is -0.186. The third-order valence-corrected chi connectivity index (χ3v) is 9.06. The first kappa shape index (κ1) is 24.4. The average molecular weight is 518 g/mol. The number of urea groups is 1. The fourth-order valence-electron chi connectivity index (χ4n) is 6.16. The lowest BCUT2D eigenvalue weighted by Crippen LogP contribution is -2.84. The van der Waals surface area contributed by atoms with Gasteiger partial charge in [0.1, 0.15) is 18.9 Å². The number of rotatable bonds is 4. The van der Waals surface area contributed by atoms with Crippen LogP contribution >= 0.6 is 23.2 Å². The van der Waals surface area contributed by atoms with E-state index >= 15 is 0 Å². The van der Waals surface area contributed by atoms with Crippen LogP contribution in [0.25, 0.3) is 0 Å². The van der Waals surface area contributed by atoms with Gasteiger partial charge < -0.3 is 20.0 Å². The van der Waals surface area contributed by atoms with Gasteiger partial charge in [-0.15, -0.1) is 23.2 Å². The lowest BCUT2D eigenvalue weighted by atomic mass is 9.77. The van der Waals surface area contributed by atoms with E-state index in [1.165, 1.54) is 4.90 Å². The Hall–Kier alpha value is -1.32. The SMILES string of the molecule is C[C@@H](C1CCC(Cl)CC1)N1C(=O)CN(C2NCC(Cl)CC2F)C(=O)C12CN(C(=O)NC1CC1)C2. The fraction of sp³-hybridized carbons (Fsp3) is 0.870. The quantitative estimate of drug-likeness (QED) is 0.558. The number of hydrogen-bond donors (Lipinski definition) is 2. The maximum absolute atomic E-state index is 14.9. The van der Waals surface area contributed by atoms with Crippen molar-refractivity contribution in [3.63, 3.8) is 0 Å². The smallest absolute Gasteiger partial charge is 0.317 e. The Morgan fingerprint density at radius 3 is 2.41 bits per heavy atom. The maximum atomic E-state index is 14.9. The van der Waals surface area contributed by atoms with Gasteiger partial charge in [0.05, 0.1) is 13.1 Å². The van der Waals surface area contributed by atoms with Crippen molar-refractivity contribution in [2.75, 3.05) is 26.2 Å². The Bertz CT molecular complexity index is 831. The van der Waals surface area contributed by atoms with Crippen molar-refractivity contribution in [2.45, 2.75) is 92.6 Å². The van der Waals surface area contributed by atoms with Crippen LogP contribution in [-0.4, -0.2) is 99.4 Å². The summed E-state index contributed by atoms with van der Waals surface area (Å²) >= 11 is 12.4. The standard InChI is InChI=1S/C23H34Cl2FN5O3/c1-13(14-2-4-15(24)5-3-14)31-19(32)10-30(20-18(26)8-16(25)9-27-20)21(33)23(31)11-29(12-23)22(34)28-17-6-7-17/h13-18,20,27H,2-12H2,1H3,(H,28,34)/t13-,14?,15?,16?,18?,20?/m0/s1. The molecule has 5 aliphatic rings. The van der Waals surface area contributed by atoms with Crippen molar-refractivity contribution in [1.29, 1.82) is 0 Å². The van der Waals surface area contributed by atoms with Crippen LogP contribution < -0.4 is 10.6 Å². The van der Waals surface area contributed by atoms with E-state index in [2.05, 4.69) is 10.6 Å². The number of nitrogens with zero attached hydrogens (tertiary/aromatic N) is 3. The van der Waals surface area contributed by atoms with Crippen LogP contribution in [0.15, 0.2) is 0 Å². The largest absolute Gasteiger partial charge is 0.335 e. The highest BCUT2D eigenvalue weighted by molar-refractivity contribution is 6.21. The lowest BCUT2D eigenvalue weighted by Gasteiger charge is -2.61. The second-order valence-corrected chi connectivity index (χ2v) is 12.0. The number of alkyl halides is 3. The van der Waals surface area contributed by atoms with Gasteiger partial charge in [-0.2, -0.15) is 0 Å². The first-order valence-corrected chi connectivity index (χ1v) is 13.4. The van der Waals surface area contributed by atoms with Crippen molar-refractivity contribution in [3.05, 3.63) is 0 Å². The molecule has 1 spiro atoms. The minimum absolute atomic E-state index is 0.127. The highest BCUT2D eigenvalue weighted by Gasteiger charge is 2.63. The van der Waals surface area contributed by atoms with Crippen molar-refractivity contribution < 1.29 is 18.8 Å². The van der Waals surface area contributed by atoms with E-state index in [-0.39, 0.29) is 72.7 Å². The molecule has 3 saturated heterocycles. The maximum Gasteiger partial charge on any atom is 0.317 e. The Balaban J connectivity index is 1.39. The zero-order valence-electron chi connectivity index (χ0n) is 19.5. The molecule has 8 nitrogen and oxygen atoms in total. The summed E-state index contributed by atoms with van der Waals surface area (Å²) in [5.74, 6) is -0.235. The zero-order valence-corrected chi connectivity index (χ0v) is 21.0. The third-order valence-electron chi connectivity index (χ3n) is 8.29.